The van der Waals surface area contributed by atoms with Gasteiger partial charge in [0.05, 0.1) is 4.92 Å². The number of halogens is 1. The molecule has 0 aliphatic heterocycles. The maximum atomic E-state index is 12.1. The summed E-state index contributed by atoms with van der Waals surface area (Å²) in [7, 11) is 0. The molecule has 0 atom stereocenters. The molecule has 7 heteroatoms. The second-order valence-electron chi connectivity index (χ2n) is 4.46. The SMILES string of the molecule is N#C/C(=C\c1ccccc1)C(=O)Nc1ccc(Cl)c([N+](=O)[O-])c1. The Hall–Kier alpha value is -3.17. The van der Waals surface area contributed by atoms with Gasteiger partial charge in [0.25, 0.3) is 11.6 Å². The van der Waals surface area contributed by atoms with E-state index in [1.54, 1.807) is 24.3 Å². The Bertz CT molecular complexity index is 826. The lowest BCUT2D eigenvalue weighted by atomic mass is 10.1. The molecule has 114 valence electrons. The number of hydrogen-bond donors (Lipinski definition) is 1. The van der Waals surface area contributed by atoms with Crippen molar-refractivity contribution in [2.24, 2.45) is 0 Å². The van der Waals surface area contributed by atoms with E-state index in [9.17, 15) is 14.9 Å². The molecule has 1 amide bonds. The number of nitro groups is 1. The van der Waals surface area contributed by atoms with E-state index in [0.717, 1.165) is 6.07 Å². The number of nitriles is 1. The van der Waals surface area contributed by atoms with E-state index in [-0.39, 0.29) is 22.0 Å². The molecule has 0 spiro atoms. The summed E-state index contributed by atoms with van der Waals surface area (Å²) in [6, 6.07) is 14.5. The molecule has 1 N–H and O–H groups in total. The van der Waals surface area contributed by atoms with Crippen molar-refractivity contribution in [3.05, 3.63) is 74.8 Å². The van der Waals surface area contributed by atoms with Crippen LogP contribution in [0.25, 0.3) is 6.08 Å². The predicted octanol–water partition coefficient (Wildman–Crippen LogP) is 3.79. The first-order chi connectivity index (χ1) is 11.0. The number of nitrogens with one attached hydrogen (secondary N) is 1. The molecule has 0 fully saturated rings. The maximum absolute atomic E-state index is 12.1. The van der Waals surface area contributed by atoms with Crippen molar-refractivity contribution in [3.63, 3.8) is 0 Å². The van der Waals surface area contributed by atoms with Crippen LogP contribution in [-0.2, 0) is 4.79 Å². The zero-order chi connectivity index (χ0) is 16.8. The molecule has 0 radical (unpaired) electrons. The standard InChI is InChI=1S/C16H10ClN3O3/c17-14-7-6-13(9-15(14)20(22)23)19-16(21)12(10-18)8-11-4-2-1-3-5-11/h1-9H,(H,19,21)/b12-8+. The first-order valence-electron chi connectivity index (χ1n) is 6.43. The number of rotatable bonds is 4. The molecule has 6 nitrogen and oxygen atoms in total. The van der Waals surface area contributed by atoms with Gasteiger partial charge in [-0.2, -0.15) is 5.26 Å². The highest BCUT2D eigenvalue weighted by Crippen LogP contribution is 2.27. The molecule has 0 heterocycles. The Balaban J connectivity index is 2.24. The third kappa shape index (κ3) is 4.15. The van der Waals surface area contributed by atoms with Crippen molar-refractivity contribution in [1.82, 2.24) is 0 Å². The lowest BCUT2D eigenvalue weighted by Gasteiger charge is -2.05. The number of carbonyl (C=O) groups is 1. The second-order valence-corrected chi connectivity index (χ2v) is 4.87. The Morgan fingerprint density at radius 3 is 2.57 bits per heavy atom. The van der Waals surface area contributed by atoms with Crippen LogP contribution in [0, 0.1) is 21.4 Å². The Labute approximate surface area is 136 Å². The van der Waals surface area contributed by atoms with Crippen LogP contribution in [0.15, 0.2) is 54.1 Å². The molecule has 2 aromatic carbocycles. The summed E-state index contributed by atoms with van der Waals surface area (Å²) in [5.74, 6) is -0.659. The number of amides is 1. The van der Waals surface area contributed by atoms with Crippen molar-refractivity contribution in [2.75, 3.05) is 5.32 Å². The van der Waals surface area contributed by atoms with E-state index in [4.69, 9.17) is 16.9 Å². The minimum atomic E-state index is -0.659. The van der Waals surface area contributed by atoms with Crippen LogP contribution in [0.1, 0.15) is 5.56 Å². The highest BCUT2D eigenvalue weighted by atomic mass is 35.5. The third-order valence-corrected chi connectivity index (χ3v) is 3.20. The summed E-state index contributed by atoms with van der Waals surface area (Å²) in [4.78, 5) is 22.3. The molecule has 0 saturated heterocycles. The van der Waals surface area contributed by atoms with Crippen molar-refractivity contribution in [1.29, 1.82) is 5.26 Å². The Kier molecular flexibility index (Phi) is 5.07. The summed E-state index contributed by atoms with van der Waals surface area (Å²) in [6.07, 6.45) is 1.43. The minimum absolute atomic E-state index is 0.0340. The molecule has 0 saturated carbocycles. The van der Waals surface area contributed by atoms with Crippen molar-refractivity contribution >= 4 is 35.0 Å². The van der Waals surface area contributed by atoms with Gasteiger partial charge in [-0.1, -0.05) is 41.9 Å². The van der Waals surface area contributed by atoms with E-state index in [2.05, 4.69) is 5.32 Å². The second kappa shape index (κ2) is 7.20. The van der Waals surface area contributed by atoms with Crippen molar-refractivity contribution in [2.45, 2.75) is 0 Å². The van der Waals surface area contributed by atoms with E-state index in [1.807, 2.05) is 12.1 Å². The Morgan fingerprint density at radius 1 is 1.26 bits per heavy atom. The van der Waals surface area contributed by atoms with Gasteiger partial charge in [-0.15, -0.1) is 0 Å². The number of nitrogens with zero attached hydrogens (tertiary/aromatic N) is 2. The van der Waals surface area contributed by atoms with Crippen LogP contribution in [0.3, 0.4) is 0 Å². The zero-order valence-corrected chi connectivity index (χ0v) is 12.4. The van der Waals surface area contributed by atoms with E-state index in [0.29, 0.717) is 5.56 Å². The van der Waals surface area contributed by atoms with Gasteiger partial charge in [-0.25, -0.2) is 0 Å². The molecule has 0 bridgehead atoms. The van der Waals surface area contributed by atoms with Crippen LogP contribution < -0.4 is 5.32 Å². The predicted molar refractivity (Wildman–Crippen MR) is 86.8 cm³/mol. The topological polar surface area (TPSA) is 96.0 Å². The van der Waals surface area contributed by atoms with Gasteiger partial charge in [-0.3, -0.25) is 14.9 Å². The van der Waals surface area contributed by atoms with Gasteiger partial charge in [-0.05, 0) is 23.8 Å². The van der Waals surface area contributed by atoms with Crippen LogP contribution in [0.4, 0.5) is 11.4 Å². The van der Waals surface area contributed by atoms with Gasteiger partial charge in [0.15, 0.2) is 0 Å². The summed E-state index contributed by atoms with van der Waals surface area (Å²) >= 11 is 5.71. The van der Waals surface area contributed by atoms with Crippen LogP contribution in [0.2, 0.25) is 5.02 Å². The van der Waals surface area contributed by atoms with Crippen LogP contribution >= 0.6 is 11.6 Å². The summed E-state index contributed by atoms with van der Waals surface area (Å²) in [6.45, 7) is 0. The molecule has 2 rings (SSSR count). The molecule has 0 aromatic heterocycles. The molecular weight excluding hydrogens is 318 g/mol. The smallest absolute Gasteiger partial charge is 0.289 e. The number of hydrogen-bond acceptors (Lipinski definition) is 4. The molecule has 0 aliphatic carbocycles. The highest BCUT2D eigenvalue weighted by molar-refractivity contribution is 6.32. The fourth-order valence-corrected chi connectivity index (χ4v) is 1.98. The van der Waals surface area contributed by atoms with E-state index >= 15 is 0 Å². The lowest BCUT2D eigenvalue weighted by Crippen LogP contribution is -2.13. The minimum Gasteiger partial charge on any atom is -0.321 e. The molecular formula is C16H10ClN3O3. The largest absolute Gasteiger partial charge is 0.321 e. The molecule has 0 unspecified atom stereocenters. The molecule has 23 heavy (non-hydrogen) atoms. The summed E-state index contributed by atoms with van der Waals surface area (Å²) < 4.78 is 0. The fourth-order valence-electron chi connectivity index (χ4n) is 1.79. The molecule has 2 aromatic rings. The monoisotopic (exact) mass is 327 g/mol. The van der Waals surface area contributed by atoms with E-state index < -0.39 is 10.8 Å². The number of carbonyl (C=O) groups excluding carboxylic acids is 1. The average molecular weight is 328 g/mol. The quantitative estimate of drug-likeness (QED) is 0.400. The molecule has 0 aliphatic rings. The first kappa shape index (κ1) is 16.2. The Morgan fingerprint density at radius 2 is 1.96 bits per heavy atom. The van der Waals surface area contributed by atoms with Gasteiger partial charge in [0.1, 0.15) is 16.7 Å². The van der Waals surface area contributed by atoms with Gasteiger partial charge in [0.2, 0.25) is 0 Å². The van der Waals surface area contributed by atoms with Gasteiger partial charge >= 0.3 is 0 Å². The number of nitro benzene ring substituents is 1. The van der Waals surface area contributed by atoms with Crippen LogP contribution in [0.5, 0.6) is 0 Å². The van der Waals surface area contributed by atoms with Crippen molar-refractivity contribution in [3.8, 4) is 6.07 Å². The van der Waals surface area contributed by atoms with Crippen molar-refractivity contribution < 1.29 is 9.72 Å². The normalized spacial score (nSPS) is 10.7. The lowest BCUT2D eigenvalue weighted by molar-refractivity contribution is -0.384. The fraction of sp³-hybridized carbons (Fsp3) is 0. The average Bonchev–Trinajstić information content (AvgIpc) is 2.55. The highest BCUT2D eigenvalue weighted by Gasteiger charge is 2.15. The number of benzene rings is 2. The number of anilines is 1. The van der Waals surface area contributed by atoms with Gasteiger partial charge < -0.3 is 5.32 Å². The van der Waals surface area contributed by atoms with E-state index in [1.165, 1.54) is 18.2 Å². The van der Waals surface area contributed by atoms with Crippen LogP contribution in [-0.4, -0.2) is 10.8 Å². The third-order valence-electron chi connectivity index (χ3n) is 2.88. The summed E-state index contributed by atoms with van der Waals surface area (Å²) in [5.41, 5.74) is 0.436. The van der Waals surface area contributed by atoms with Gasteiger partial charge in [0, 0.05) is 11.8 Å². The zero-order valence-electron chi connectivity index (χ0n) is 11.7. The maximum Gasteiger partial charge on any atom is 0.289 e. The summed E-state index contributed by atoms with van der Waals surface area (Å²) in [5, 5.41) is 22.4. The first-order valence-corrected chi connectivity index (χ1v) is 6.81.